The lowest BCUT2D eigenvalue weighted by Crippen LogP contribution is -1.86. The largest absolute Gasteiger partial charge is 0.508 e. The molecule has 2 aromatic rings. The highest BCUT2D eigenvalue weighted by atomic mass is 16.3. The summed E-state index contributed by atoms with van der Waals surface area (Å²) < 4.78 is 0. The molecule has 0 amide bonds. The number of nitrogens with zero attached hydrogens (tertiary/aromatic N) is 2. The zero-order valence-electron chi connectivity index (χ0n) is 16.7. The third kappa shape index (κ3) is 9.37. The van der Waals surface area contributed by atoms with Crippen molar-refractivity contribution in [3.63, 3.8) is 0 Å². The van der Waals surface area contributed by atoms with E-state index in [9.17, 15) is 5.11 Å². The maximum absolute atomic E-state index is 9.27. The lowest BCUT2D eigenvalue weighted by atomic mass is 10.0. The van der Waals surface area contributed by atoms with Crippen LogP contribution in [0.4, 0.5) is 11.4 Å². The minimum Gasteiger partial charge on any atom is -0.508 e. The molecule has 0 atom stereocenters. The summed E-state index contributed by atoms with van der Waals surface area (Å²) in [6, 6.07) is 15.1. The molecule has 0 aliphatic heterocycles. The number of phenols is 1. The summed E-state index contributed by atoms with van der Waals surface area (Å²) in [5.41, 5.74) is 2.97. The highest BCUT2D eigenvalue weighted by Gasteiger charge is 1.97. The molecular weight excluding hydrogens is 332 g/mol. The Balaban J connectivity index is 1.58. The smallest absolute Gasteiger partial charge is 0.115 e. The zero-order chi connectivity index (χ0) is 19.2. The van der Waals surface area contributed by atoms with Crippen LogP contribution in [-0.2, 0) is 6.42 Å². The van der Waals surface area contributed by atoms with Crippen molar-refractivity contribution >= 4 is 11.4 Å². The predicted octanol–water partition coefficient (Wildman–Crippen LogP) is 8.27. The first-order valence-electron chi connectivity index (χ1n) is 10.6. The number of aryl methyl sites for hydroxylation is 1. The zero-order valence-corrected chi connectivity index (χ0v) is 16.7. The second-order valence-corrected chi connectivity index (χ2v) is 7.31. The first-order chi connectivity index (χ1) is 13.3. The van der Waals surface area contributed by atoms with E-state index >= 15 is 0 Å². The minimum atomic E-state index is 0.241. The lowest BCUT2D eigenvalue weighted by Gasteiger charge is -2.03. The van der Waals surface area contributed by atoms with E-state index in [1.807, 2.05) is 12.1 Å². The lowest BCUT2D eigenvalue weighted by molar-refractivity contribution is 0.475. The summed E-state index contributed by atoms with van der Waals surface area (Å²) in [5.74, 6) is 0.241. The van der Waals surface area contributed by atoms with E-state index in [0.717, 1.165) is 17.8 Å². The van der Waals surface area contributed by atoms with E-state index < -0.39 is 0 Å². The van der Waals surface area contributed by atoms with Crippen LogP contribution in [0.1, 0.15) is 76.7 Å². The molecule has 0 spiro atoms. The number of benzene rings is 2. The number of phenolic OH excluding ortho intramolecular Hbond substituents is 1. The van der Waals surface area contributed by atoms with E-state index in [4.69, 9.17) is 0 Å². The van der Waals surface area contributed by atoms with Crippen molar-refractivity contribution in [2.24, 2.45) is 10.2 Å². The first kappa shape index (κ1) is 21.1. The van der Waals surface area contributed by atoms with Gasteiger partial charge in [-0.1, -0.05) is 76.8 Å². The van der Waals surface area contributed by atoms with Gasteiger partial charge in [-0.05, 0) is 54.8 Å². The monoisotopic (exact) mass is 366 g/mol. The average molecular weight is 367 g/mol. The van der Waals surface area contributed by atoms with Gasteiger partial charge in [0.05, 0.1) is 11.4 Å². The topological polar surface area (TPSA) is 45.0 Å². The molecule has 0 aliphatic rings. The summed E-state index contributed by atoms with van der Waals surface area (Å²) in [6.07, 6.45) is 14.9. The van der Waals surface area contributed by atoms with Crippen molar-refractivity contribution in [2.75, 3.05) is 0 Å². The van der Waals surface area contributed by atoms with E-state index in [1.165, 1.54) is 69.8 Å². The Morgan fingerprint density at radius 2 is 1.04 bits per heavy atom. The van der Waals surface area contributed by atoms with Gasteiger partial charge in [0.25, 0.3) is 0 Å². The summed E-state index contributed by atoms with van der Waals surface area (Å²) in [7, 11) is 0. The van der Waals surface area contributed by atoms with Gasteiger partial charge in [0.15, 0.2) is 0 Å². The van der Waals surface area contributed by atoms with Crippen molar-refractivity contribution in [1.29, 1.82) is 0 Å². The summed E-state index contributed by atoms with van der Waals surface area (Å²) in [6.45, 7) is 2.27. The first-order valence-corrected chi connectivity index (χ1v) is 10.6. The fraction of sp³-hybridized carbons (Fsp3) is 0.500. The van der Waals surface area contributed by atoms with Gasteiger partial charge in [-0.25, -0.2) is 0 Å². The highest BCUT2D eigenvalue weighted by molar-refractivity contribution is 5.42. The van der Waals surface area contributed by atoms with Crippen LogP contribution in [0.25, 0.3) is 0 Å². The van der Waals surface area contributed by atoms with Crippen molar-refractivity contribution < 1.29 is 5.11 Å². The molecule has 2 rings (SSSR count). The van der Waals surface area contributed by atoms with Crippen LogP contribution in [0.2, 0.25) is 0 Å². The number of hydrogen-bond acceptors (Lipinski definition) is 3. The van der Waals surface area contributed by atoms with Crippen molar-refractivity contribution in [2.45, 2.75) is 77.6 Å². The van der Waals surface area contributed by atoms with Gasteiger partial charge >= 0.3 is 0 Å². The molecule has 0 saturated carbocycles. The van der Waals surface area contributed by atoms with Gasteiger partial charge in [-0.2, -0.15) is 10.2 Å². The average Bonchev–Trinajstić information content (AvgIpc) is 2.70. The molecule has 0 unspecified atom stereocenters. The van der Waals surface area contributed by atoms with Crippen LogP contribution in [0.3, 0.4) is 0 Å². The van der Waals surface area contributed by atoms with E-state index in [2.05, 4.69) is 29.3 Å². The standard InChI is InChI=1S/C24H34N2O/c1-2-3-4-5-6-7-8-9-10-11-12-21-13-15-22(16-14-21)25-26-23-17-19-24(27)20-18-23/h13-20,27H,2-12H2,1H3. The molecule has 0 bridgehead atoms. The van der Waals surface area contributed by atoms with Crippen molar-refractivity contribution in [3.05, 3.63) is 54.1 Å². The van der Waals surface area contributed by atoms with Gasteiger partial charge < -0.3 is 5.11 Å². The van der Waals surface area contributed by atoms with Crippen LogP contribution in [0.15, 0.2) is 58.8 Å². The molecule has 3 nitrogen and oxygen atoms in total. The highest BCUT2D eigenvalue weighted by Crippen LogP contribution is 2.21. The Labute approximate surface area is 164 Å². The molecule has 0 saturated heterocycles. The van der Waals surface area contributed by atoms with Crippen molar-refractivity contribution in [1.82, 2.24) is 0 Å². The Morgan fingerprint density at radius 1 is 0.593 bits per heavy atom. The molecule has 146 valence electrons. The van der Waals surface area contributed by atoms with E-state index in [1.54, 1.807) is 24.3 Å². The van der Waals surface area contributed by atoms with E-state index in [0.29, 0.717) is 0 Å². The van der Waals surface area contributed by atoms with Crippen LogP contribution in [-0.4, -0.2) is 5.11 Å². The number of rotatable bonds is 13. The summed E-state index contributed by atoms with van der Waals surface area (Å²) in [4.78, 5) is 0. The Hall–Kier alpha value is -2.16. The molecule has 0 heterocycles. The Morgan fingerprint density at radius 3 is 1.56 bits per heavy atom. The SMILES string of the molecule is CCCCCCCCCCCCc1ccc(N=Nc2ccc(O)cc2)cc1. The molecular formula is C24H34N2O. The second kappa shape index (κ2) is 13.1. The molecule has 2 aromatic carbocycles. The normalized spacial score (nSPS) is 11.3. The Kier molecular flexibility index (Phi) is 10.2. The molecule has 0 fully saturated rings. The van der Waals surface area contributed by atoms with Crippen LogP contribution >= 0.6 is 0 Å². The summed E-state index contributed by atoms with van der Waals surface area (Å²) >= 11 is 0. The minimum absolute atomic E-state index is 0.241. The molecule has 0 aliphatic carbocycles. The second-order valence-electron chi connectivity index (χ2n) is 7.31. The van der Waals surface area contributed by atoms with Crippen LogP contribution in [0.5, 0.6) is 5.75 Å². The van der Waals surface area contributed by atoms with Crippen LogP contribution < -0.4 is 0 Å². The number of unbranched alkanes of at least 4 members (excludes halogenated alkanes) is 9. The predicted molar refractivity (Wildman–Crippen MR) is 114 cm³/mol. The Bertz CT molecular complexity index is 647. The fourth-order valence-corrected chi connectivity index (χ4v) is 3.18. The summed E-state index contributed by atoms with van der Waals surface area (Å²) in [5, 5.41) is 17.7. The van der Waals surface area contributed by atoms with E-state index in [-0.39, 0.29) is 5.75 Å². The molecule has 1 N–H and O–H groups in total. The fourth-order valence-electron chi connectivity index (χ4n) is 3.18. The quantitative estimate of drug-likeness (QED) is 0.281. The number of hydrogen-bond donors (Lipinski definition) is 1. The number of azo groups is 1. The number of aromatic hydroxyl groups is 1. The maximum Gasteiger partial charge on any atom is 0.115 e. The molecule has 0 radical (unpaired) electrons. The van der Waals surface area contributed by atoms with Crippen LogP contribution in [0, 0.1) is 0 Å². The van der Waals surface area contributed by atoms with Gasteiger partial charge in [-0.15, -0.1) is 0 Å². The van der Waals surface area contributed by atoms with Gasteiger partial charge in [0, 0.05) is 0 Å². The van der Waals surface area contributed by atoms with Gasteiger partial charge in [-0.3, -0.25) is 0 Å². The van der Waals surface area contributed by atoms with Crippen molar-refractivity contribution in [3.8, 4) is 5.75 Å². The molecule has 0 aromatic heterocycles. The molecule has 27 heavy (non-hydrogen) atoms. The maximum atomic E-state index is 9.27. The molecule has 3 heteroatoms. The van der Waals surface area contributed by atoms with Gasteiger partial charge in [0.1, 0.15) is 5.75 Å². The third-order valence-electron chi connectivity index (χ3n) is 4.89. The van der Waals surface area contributed by atoms with Gasteiger partial charge in [0.2, 0.25) is 0 Å². The third-order valence-corrected chi connectivity index (χ3v) is 4.89.